The van der Waals surface area contributed by atoms with Gasteiger partial charge in [0.15, 0.2) is 0 Å². The van der Waals surface area contributed by atoms with Gasteiger partial charge in [-0.2, -0.15) is 0 Å². The van der Waals surface area contributed by atoms with Crippen LogP contribution in [0.4, 0.5) is 11.4 Å². The van der Waals surface area contributed by atoms with Crippen LogP contribution >= 0.6 is 0 Å². The van der Waals surface area contributed by atoms with Crippen LogP contribution in [0.15, 0.2) is 30.6 Å². The predicted molar refractivity (Wildman–Crippen MR) is 85.0 cm³/mol. The second kappa shape index (κ2) is 6.57. The van der Waals surface area contributed by atoms with Gasteiger partial charge in [-0.25, -0.2) is 0 Å². The maximum absolute atomic E-state index is 9.38. The summed E-state index contributed by atoms with van der Waals surface area (Å²) in [5.41, 5.74) is 7.91. The van der Waals surface area contributed by atoms with Crippen LogP contribution in [0.3, 0.4) is 0 Å². The molecule has 4 heteroatoms. The van der Waals surface area contributed by atoms with Gasteiger partial charge in [-0.05, 0) is 31.0 Å². The number of anilines is 2. The minimum absolute atomic E-state index is 0.141. The molecule has 2 aromatic rings. The first-order valence-corrected chi connectivity index (χ1v) is 7.22. The van der Waals surface area contributed by atoms with E-state index in [2.05, 4.69) is 23.7 Å². The Morgan fingerprint density at radius 1 is 1.20 bits per heavy atom. The van der Waals surface area contributed by atoms with Crippen LogP contribution in [0, 0.1) is 0 Å². The molecule has 1 aromatic heterocycles. The number of nitrogens with zero attached hydrogens (tertiary/aromatic N) is 2. The van der Waals surface area contributed by atoms with Crippen molar-refractivity contribution in [1.29, 1.82) is 0 Å². The lowest BCUT2D eigenvalue weighted by molar-refractivity contribution is 0.296. The van der Waals surface area contributed by atoms with Crippen molar-refractivity contribution >= 4 is 22.1 Å². The standard InChI is InChI=1S/C16H23N3O/c1-3-12(4-2)19(9-10-20)16-6-5-15(17)13-7-8-18-11-14(13)16/h5-8,11-12,20H,3-4,9-10,17H2,1-2H3. The molecule has 0 saturated heterocycles. The van der Waals surface area contributed by atoms with Gasteiger partial charge in [0, 0.05) is 47.1 Å². The molecule has 0 radical (unpaired) electrons. The summed E-state index contributed by atoms with van der Waals surface area (Å²) in [6.07, 6.45) is 5.70. The van der Waals surface area contributed by atoms with Gasteiger partial charge in [0.25, 0.3) is 0 Å². The molecule has 0 fully saturated rings. The number of fused-ring (bicyclic) bond motifs is 1. The van der Waals surface area contributed by atoms with Crippen molar-refractivity contribution in [2.24, 2.45) is 0 Å². The van der Waals surface area contributed by atoms with Crippen molar-refractivity contribution < 1.29 is 5.11 Å². The van der Waals surface area contributed by atoms with E-state index in [4.69, 9.17) is 5.73 Å². The molecule has 0 unspecified atom stereocenters. The van der Waals surface area contributed by atoms with E-state index in [-0.39, 0.29) is 6.61 Å². The quantitative estimate of drug-likeness (QED) is 0.794. The number of benzene rings is 1. The Balaban J connectivity index is 2.56. The highest BCUT2D eigenvalue weighted by Gasteiger charge is 2.18. The molecular formula is C16H23N3O. The van der Waals surface area contributed by atoms with Gasteiger partial charge in [0.2, 0.25) is 0 Å². The first-order valence-electron chi connectivity index (χ1n) is 7.22. The first kappa shape index (κ1) is 14.6. The third-order valence-electron chi connectivity index (χ3n) is 3.86. The molecular weight excluding hydrogens is 250 g/mol. The highest BCUT2D eigenvalue weighted by molar-refractivity contribution is 6.00. The number of nitrogens with two attached hydrogens (primary N) is 1. The lowest BCUT2D eigenvalue weighted by atomic mass is 10.0. The summed E-state index contributed by atoms with van der Waals surface area (Å²) in [5, 5.41) is 11.5. The third-order valence-corrected chi connectivity index (χ3v) is 3.86. The topological polar surface area (TPSA) is 62.4 Å². The van der Waals surface area contributed by atoms with E-state index in [0.717, 1.165) is 35.0 Å². The maximum atomic E-state index is 9.38. The Bertz CT molecular complexity index is 567. The van der Waals surface area contributed by atoms with Crippen LogP contribution in [-0.2, 0) is 0 Å². The number of nitrogen functional groups attached to an aromatic ring is 1. The van der Waals surface area contributed by atoms with Crippen molar-refractivity contribution in [3.8, 4) is 0 Å². The van der Waals surface area contributed by atoms with Gasteiger partial charge in [-0.3, -0.25) is 4.98 Å². The summed E-state index contributed by atoms with van der Waals surface area (Å²) in [7, 11) is 0. The number of hydrogen-bond donors (Lipinski definition) is 2. The Hall–Kier alpha value is -1.81. The van der Waals surface area contributed by atoms with Gasteiger partial charge in [0.05, 0.1) is 6.61 Å². The highest BCUT2D eigenvalue weighted by Crippen LogP contribution is 2.32. The number of hydrogen-bond acceptors (Lipinski definition) is 4. The van der Waals surface area contributed by atoms with Crippen LogP contribution in [0.1, 0.15) is 26.7 Å². The predicted octanol–water partition coefficient (Wildman–Crippen LogP) is 2.80. The number of rotatable bonds is 6. The van der Waals surface area contributed by atoms with Crippen LogP contribution in [0.5, 0.6) is 0 Å². The van der Waals surface area contributed by atoms with E-state index >= 15 is 0 Å². The maximum Gasteiger partial charge on any atom is 0.0606 e. The number of aromatic nitrogens is 1. The zero-order chi connectivity index (χ0) is 14.5. The molecule has 0 bridgehead atoms. The smallest absolute Gasteiger partial charge is 0.0606 e. The average molecular weight is 273 g/mol. The summed E-state index contributed by atoms with van der Waals surface area (Å²) >= 11 is 0. The van der Waals surface area contributed by atoms with Crippen molar-refractivity contribution in [1.82, 2.24) is 4.98 Å². The summed E-state index contributed by atoms with van der Waals surface area (Å²) in [5.74, 6) is 0. The van der Waals surface area contributed by atoms with Crippen LogP contribution in [-0.4, -0.2) is 29.3 Å². The Kier molecular flexibility index (Phi) is 4.79. The zero-order valence-corrected chi connectivity index (χ0v) is 12.2. The molecule has 1 aromatic carbocycles. The lowest BCUT2D eigenvalue weighted by Gasteiger charge is -2.33. The fourth-order valence-electron chi connectivity index (χ4n) is 2.79. The number of pyridine rings is 1. The number of aliphatic hydroxyl groups is 1. The Labute approximate surface area is 120 Å². The van der Waals surface area contributed by atoms with Gasteiger partial charge in [0.1, 0.15) is 0 Å². The van der Waals surface area contributed by atoms with Crippen LogP contribution < -0.4 is 10.6 Å². The third kappa shape index (κ3) is 2.70. The molecule has 0 aliphatic heterocycles. The van der Waals surface area contributed by atoms with E-state index in [1.54, 1.807) is 6.20 Å². The molecule has 0 aliphatic rings. The van der Waals surface area contributed by atoms with Crippen molar-refractivity contribution in [2.45, 2.75) is 32.7 Å². The molecule has 4 nitrogen and oxygen atoms in total. The van der Waals surface area contributed by atoms with Crippen LogP contribution in [0.25, 0.3) is 10.8 Å². The van der Waals surface area contributed by atoms with E-state index < -0.39 is 0 Å². The second-order valence-electron chi connectivity index (χ2n) is 4.98. The molecule has 0 atom stereocenters. The van der Waals surface area contributed by atoms with Crippen molar-refractivity contribution in [3.05, 3.63) is 30.6 Å². The minimum Gasteiger partial charge on any atom is -0.398 e. The van der Waals surface area contributed by atoms with E-state index in [1.807, 2.05) is 24.4 Å². The molecule has 3 N–H and O–H groups in total. The van der Waals surface area contributed by atoms with E-state index in [1.165, 1.54) is 0 Å². The zero-order valence-electron chi connectivity index (χ0n) is 12.2. The summed E-state index contributed by atoms with van der Waals surface area (Å²) in [4.78, 5) is 6.49. The van der Waals surface area contributed by atoms with Gasteiger partial charge in [-0.1, -0.05) is 13.8 Å². The fourth-order valence-corrected chi connectivity index (χ4v) is 2.79. The van der Waals surface area contributed by atoms with Gasteiger partial charge in [-0.15, -0.1) is 0 Å². The molecule has 0 amide bonds. The Morgan fingerprint density at radius 3 is 2.60 bits per heavy atom. The molecule has 1 heterocycles. The monoisotopic (exact) mass is 273 g/mol. The second-order valence-corrected chi connectivity index (χ2v) is 4.98. The van der Waals surface area contributed by atoms with Crippen molar-refractivity contribution in [2.75, 3.05) is 23.8 Å². The lowest BCUT2D eigenvalue weighted by Crippen LogP contribution is -2.36. The van der Waals surface area contributed by atoms with Gasteiger partial charge < -0.3 is 15.7 Å². The summed E-state index contributed by atoms with van der Waals surface area (Å²) < 4.78 is 0. The summed E-state index contributed by atoms with van der Waals surface area (Å²) in [6.45, 7) is 5.12. The molecule has 0 saturated carbocycles. The SMILES string of the molecule is CCC(CC)N(CCO)c1ccc(N)c2ccncc12. The average Bonchev–Trinajstić information content (AvgIpc) is 2.48. The molecule has 20 heavy (non-hydrogen) atoms. The summed E-state index contributed by atoms with van der Waals surface area (Å²) in [6, 6.07) is 6.32. The molecule has 2 rings (SSSR count). The molecule has 0 aliphatic carbocycles. The van der Waals surface area contributed by atoms with Gasteiger partial charge >= 0.3 is 0 Å². The fraction of sp³-hybridized carbons (Fsp3) is 0.438. The first-order chi connectivity index (χ1) is 9.72. The van der Waals surface area contributed by atoms with Crippen LogP contribution in [0.2, 0.25) is 0 Å². The number of aliphatic hydroxyl groups excluding tert-OH is 1. The highest BCUT2D eigenvalue weighted by atomic mass is 16.3. The normalized spacial score (nSPS) is 11.2. The van der Waals surface area contributed by atoms with E-state index in [9.17, 15) is 5.11 Å². The minimum atomic E-state index is 0.141. The van der Waals surface area contributed by atoms with Crippen molar-refractivity contribution in [3.63, 3.8) is 0 Å². The Morgan fingerprint density at radius 2 is 1.95 bits per heavy atom. The molecule has 0 spiro atoms. The largest absolute Gasteiger partial charge is 0.398 e. The molecule has 108 valence electrons. The van der Waals surface area contributed by atoms with E-state index in [0.29, 0.717) is 12.6 Å².